The van der Waals surface area contributed by atoms with Crippen LogP contribution < -0.4 is 0 Å². The van der Waals surface area contributed by atoms with Crippen molar-refractivity contribution in [2.24, 2.45) is 5.92 Å². The molecule has 0 aromatic heterocycles. The van der Waals surface area contributed by atoms with Crippen LogP contribution in [0.3, 0.4) is 0 Å². The van der Waals surface area contributed by atoms with E-state index >= 15 is 0 Å². The van der Waals surface area contributed by atoms with Gasteiger partial charge in [-0.25, -0.2) is 0 Å². The first kappa shape index (κ1) is 15.3. The molecular weight excluding hydrogens is 292 g/mol. The Morgan fingerprint density at radius 1 is 1.09 bits per heavy atom. The van der Waals surface area contributed by atoms with Gasteiger partial charge in [-0.15, -0.1) is 0 Å². The molecule has 1 aliphatic heterocycles. The van der Waals surface area contributed by atoms with Gasteiger partial charge in [-0.1, -0.05) is 60.7 Å². The Morgan fingerprint density at radius 2 is 1.61 bits per heavy atom. The highest BCUT2D eigenvalue weighted by Gasteiger charge is 2.52. The monoisotopic (exact) mass is 310 g/mol. The van der Waals surface area contributed by atoms with Gasteiger partial charge in [0.2, 0.25) is 0 Å². The van der Waals surface area contributed by atoms with E-state index in [0.29, 0.717) is 0 Å². The molecule has 1 fully saturated rings. The fourth-order valence-corrected chi connectivity index (χ4v) is 3.01. The molecule has 4 heteroatoms. The third-order valence-corrected chi connectivity index (χ3v) is 4.10. The van der Waals surface area contributed by atoms with Crippen LogP contribution in [0.25, 0.3) is 0 Å². The molecule has 2 aromatic carbocycles. The number of hydrogen-bond acceptors (Lipinski definition) is 4. The van der Waals surface area contributed by atoms with Crippen molar-refractivity contribution in [3.05, 3.63) is 71.8 Å². The summed E-state index contributed by atoms with van der Waals surface area (Å²) in [4.78, 5) is 24.4. The summed E-state index contributed by atoms with van der Waals surface area (Å²) in [6, 6.07) is 19.0. The van der Waals surface area contributed by atoms with Crippen molar-refractivity contribution < 1.29 is 19.1 Å². The average Bonchev–Trinajstić information content (AvgIpc) is 2.96. The van der Waals surface area contributed by atoms with Crippen molar-refractivity contribution in [2.45, 2.75) is 18.9 Å². The number of benzene rings is 2. The lowest BCUT2D eigenvalue weighted by molar-refractivity contribution is -0.157. The van der Waals surface area contributed by atoms with Gasteiger partial charge < -0.3 is 9.47 Å². The summed E-state index contributed by atoms with van der Waals surface area (Å²) >= 11 is 0. The quantitative estimate of drug-likeness (QED) is 0.643. The topological polar surface area (TPSA) is 52.6 Å². The molecule has 1 atom stereocenters. The van der Waals surface area contributed by atoms with Crippen LogP contribution in [0.4, 0.5) is 0 Å². The van der Waals surface area contributed by atoms with Gasteiger partial charge in [-0.2, -0.15) is 0 Å². The Hall–Kier alpha value is -2.62. The molecule has 1 saturated heterocycles. The van der Waals surface area contributed by atoms with Crippen LogP contribution in [-0.4, -0.2) is 18.5 Å². The van der Waals surface area contributed by atoms with E-state index in [9.17, 15) is 9.59 Å². The van der Waals surface area contributed by atoms with Crippen LogP contribution in [0.15, 0.2) is 60.7 Å². The number of cyclic esters (lactones) is 1. The smallest absolute Gasteiger partial charge is 0.321 e. The molecule has 1 unspecified atom stereocenters. The van der Waals surface area contributed by atoms with Gasteiger partial charge in [0.25, 0.3) is 0 Å². The van der Waals surface area contributed by atoms with Crippen molar-refractivity contribution in [2.75, 3.05) is 6.61 Å². The molecule has 4 nitrogen and oxygen atoms in total. The molecule has 1 aliphatic rings. The molecule has 23 heavy (non-hydrogen) atoms. The average molecular weight is 310 g/mol. The summed E-state index contributed by atoms with van der Waals surface area (Å²) in [7, 11) is 0. The van der Waals surface area contributed by atoms with Gasteiger partial charge in [-0.05, 0) is 6.92 Å². The Morgan fingerprint density at radius 3 is 2.09 bits per heavy atom. The number of esters is 2. The van der Waals surface area contributed by atoms with Crippen LogP contribution in [0.1, 0.15) is 24.5 Å². The lowest BCUT2D eigenvalue weighted by Crippen LogP contribution is -2.27. The van der Waals surface area contributed by atoms with Gasteiger partial charge in [0.1, 0.15) is 0 Å². The number of rotatable bonds is 4. The standard InChI is InChI=1S/C19H18O4/c1-2-22-17(20)16-13-19(23-18(16)21,14-9-5-3-6-10-14)15-11-7-4-8-12-15/h3-12,16H,2,13H2,1H3. The minimum atomic E-state index is -0.947. The number of carbonyl (C=O) groups excluding carboxylic acids is 2. The number of ether oxygens (including phenoxy) is 2. The molecule has 0 saturated carbocycles. The molecule has 3 rings (SSSR count). The Kier molecular flexibility index (Phi) is 4.15. The Balaban J connectivity index is 2.06. The maximum absolute atomic E-state index is 12.3. The van der Waals surface area contributed by atoms with Crippen molar-refractivity contribution in [1.29, 1.82) is 0 Å². The van der Waals surface area contributed by atoms with Gasteiger partial charge in [0, 0.05) is 17.5 Å². The van der Waals surface area contributed by atoms with Crippen LogP contribution in [0.5, 0.6) is 0 Å². The second-order valence-corrected chi connectivity index (χ2v) is 5.49. The zero-order valence-corrected chi connectivity index (χ0v) is 12.9. The normalized spacial score (nSPS) is 19.2. The third-order valence-electron chi connectivity index (χ3n) is 4.10. The molecular formula is C19H18O4. The van der Waals surface area contributed by atoms with Crippen LogP contribution in [0, 0.1) is 5.92 Å². The Labute approximate surface area is 135 Å². The molecule has 2 aromatic rings. The molecule has 1 heterocycles. The van der Waals surface area contributed by atoms with Crippen molar-refractivity contribution in [1.82, 2.24) is 0 Å². The minimum absolute atomic E-state index is 0.242. The second kappa shape index (κ2) is 6.24. The highest BCUT2D eigenvalue weighted by Crippen LogP contribution is 2.45. The molecule has 0 amide bonds. The number of hydrogen-bond donors (Lipinski definition) is 0. The molecule has 0 radical (unpaired) electrons. The second-order valence-electron chi connectivity index (χ2n) is 5.49. The minimum Gasteiger partial charge on any atom is -0.465 e. The fraction of sp³-hybridized carbons (Fsp3) is 0.263. The third kappa shape index (κ3) is 2.72. The van der Waals surface area contributed by atoms with Gasteiger partial charge in [0.05, 0.1) is 6.61 Å². The Bertz CT molecular complexity index is 654. The molecule has 118 valence electrons. The van der Waals surface area contributed by atoms with E-state index < -0.39 is 23.5 Å². The molecule has 0 aliphatic carbocycles. The zero-order chi connectivity index (χ0) is 16.3. The van der Waals surface area contributed by atoms with Crippen molar-refractivity contribution in [3.8, 4) is 0 Å². The molecule has 0 spiro atoms. The first-order valence-corrected chi connectivity index (χ1v) is 7.68. The lowest BCUT2D eigenvalue weighted by atomic mass is 9.81. The van der Waals surface area contributed by atoms with Crippen molar-refractivity contribution in [3.63, 3.8) is 0 Å². The summed E-state index contributed by atoms with van der Waals surface area (Å²) in [5.74, 6) is -1.95. The van der Waals surface area contributed by atoms with Gasteiger partial charge >= 0.3 is 11.9 Å². The highest BCUT2D eigenvalue weighted by molar-refractivity contribution is 5.97. The summed E-state index contributed by atoms with van der Waals surface area (Å²) in [5, 5.41) is 0. The van der Waals surface area contributed by atoms with Crippen LogP contribution in [-0.2, 0) is 24.7 Å². The van der Waals surface area contributed by atoms with Crippen LogP contribution >= 0.6 is 0 Å². The van der Waals surface area contributed by atoms with E-state index in [1.807, 2.05) is 60.7 Å². The summed E-state index contributed by atoms with van der Waals surface area (Å²) < 4.78 is 10.8. The van der Waals surface area contributed by atoms with Crippen LogP contribution in [0.2, 0.25) is 0 Å². The fourth-order valence-electron chi connectivity index (χ4n) is 3.01. The molecule has 0 N–H and O–H groups in total. The van der Waals surface area contributed by atoms with Gasteiger partial charge in [-0.3, -0.25) is 9.59 Å². The van der Waals surface area contributed by atoms with E-state index in [4.69, 9.17) is 9.47 Å². The highest BCUT2D eigenvalue weighted by atomic mass is 16.6. The maximum Gasteiger partial charge on any atom is 0.321 e. The predicted molar refractivity (Wildman–Crippen MR) is 84.5 cm³/mol. The predicted octanol–water partition coefficient (Wildman–Crippen LogP) is 3.06. The summed E-state index contributed by atoms with van der Waals surface area (Å²) in [6.45, 7) is 1.96. The maximum atomic E-state index is 12.3. The SMILES string of the molecule is CCOC(=O)C1CC(c2ccccc2)(c2ccccc2)OC1=O. The largest absolute Gasteiger partial charge is 0.465 e. The summed E-state index contributed by atoms with van der Waals surface area (Å²) in [6.07, 6.45) is 0.249. The van der Waals surface area contributed by atoms with E-state index in [1.165, 1.54) is 0 Å². The first-order valence-electron chi connectivity index (χ1n) is 7.68. The summed E-state index contributed by atoms with van der Waals surface area (Å²) in [5.41, 5.74) is 0.759. The number of carbonyl (C=O) groups is 2. The zero-order valence-electron chi connectivity index (χ0n) is 12.9. The first-order chi connectivity index (χ1) is 11.2. The van der Waals surface area contributed by atoms with Crippen molar-refractivity contribution >= 4 is 11.9 Å². The van der Waals surface area contributed by atoms with E-state index in [-0.39, 0.29) is 13.0 Å². The van der Waals surface area contributed by atoms with E-state index in [0.717, 1.165) is 11.1 Å². The lowest BCUT2D eigenvalue weighted by Gasteiger charge is -2.28. The van der Waals surface area contributed by atoms with E-state index in [2.05, 4.69) is 0 Å². The van der Waals surface area contributed by atoms with Gasteiger partial charge in [0.15, 0.2) is 11.5 Å². The molecule has 0 bridgehead atoms. The van der Waals surface area contributed by atoms with E-state index in [1.54, 1.807) is 6.92 Å².